The lowest BCUT2D eigenvalue weighted by Crippen LogP contribution is -2.19. The van der Waals surface area contributed by atoms with Crippen LogP contribution in [0.3, 0.4) is 0 Å². The number of nitrogens with one attached hydrogen (secondary N) is 2. The van der Waals surface area contributed by atoms with Crippen LogP contribution < -0.4 is 10.6 Å². The normalized spacial score (nSPS) is 10.5. The molecule has 4 nitrogen and oxygen atoms in total. The summed E-state index contributed by atoms with van der Waals surface area (Å²) in [5.74, 6) is 0.174. The van der Waals surface area contributed by atoms with E-state index in [0.717, 1.165) is 10.8 Å². The number of benzene rings is 3. The molecular formula is C17H12Cl2N2O2. The number of carbonyl (C=O) groups is 1. The van der Waals surface area contributed by atoms with E-state index < -0.39 is 6.03 Å². The number of aromatic hydroxyl groups is 1. The van der Waals surface area contributed by atoms with Crippen LogP contribution in [0.25, 0.3) is 10.8 Å². The molecule has 0 radical (unpaired) electrons. The Bertz CT molecular complexity index is 877. The van der Waals surface area contributed by atoms with Gasteiger partial charge in [0.05, 0.1) is 5.69 Å². The van der Waals surface area contributed by atoms with Gasteiger partial charge in [0.25, 0.3) is 0 Å². The Morgan fingerprint density at radius 2 is 1.65 bits per heavy atom. The molecule has 3 N–H and O–H groups in total. The molecule has 6 heteroatoms. The predicted octanol–water partition coefficient (Wildman–Crippen LogP) is 5.50. The molecule has 3 aromatic rings. The van der Waals surface area contributed by atoms with Crippen molar-refractivity contribution in [2.75, 3.05) is 10.6 Å². The zero-order chi connectivity index (χ0) is 16.4. The van der Waals surface area contributed by atoms with Crippen LogP contribution in [-0.4, -0.2) is 11.1 Å². The van der Waals surface area contributed by atoms with E-state index in [-0.39, 0.29) is 5.75 Å². The van der Waals surface area contributed by atoms with Gasteiger partial charge in [-0.1, -0.05) is 35.3 Å². The Hall–Kier alpha value is -2.43. The first-order valence-corrected chi connectivity index (χ1v) is 7.53. The number of phenolic OH excluding ortho intramolecular Hbond substituents is 1. The molecule has 0 unspecified atom stereocenters. The SMILES string of the molecule is O=C(Nc1cc(Cl)cc(Cl)c1)Nc1cccc2cc(O)ccc12. The first kappa shape index (κ1) is 15.5. The third-order valence-corrected chi connectivity index (χ3v) is 3.67. The first-order valence-electron chi connectivity index (χ1n) is 6.77. The number of hydrogen-bond donors (Lipinski definition) is 3. The van der Waals surface area contributed by atoms with Crippen LogP contribution in [0.4, 0.5) is 16.2 Å². The third kappa shape index (κ3) is 3.67. The van der Waals surface area contributed by atoms with Crippen molar-refractivity contribution >= 4 is 51.4 Å². The number of carbonyl (C=O) groups excluding carboxylic acids is 1. The zero-order valence-corrected chi connectivity index (χ0v) is 13.3. The van der Waals surface area contributed by atoms with Gasteiger partial charge in [-0.2, -0.15) is 0 Å². The monoisotopic (exact) mass is 346 g/mol. The van der Waals surface area contributed by atoms with Crippen molar-refractivity contribution in [1.82, 2.24) is 0 Å². The lowest BCUT2D eigenvalue weighted by atomic mass is 10.1. The molecule has 0 aliphatic carbocycles. The van der Waals surface area contributed by atoms with E-state index in [9.17, 15) is 9.90 Å². The fourth-order valence-corrected chi connectivity index (χ4v) is 2.82. The largest absolute Gasteiger partial charge is 0.508 e. The summed E-state index contributed by atoms with van der Waals surface area (Å²) in [6.07, 6.45) is 0. The Kier molecular flexibility index (Phi) is 4.28. The van der Waals surface area contributed by atoms with E-state index in [1.165, 1.54) is 0 Å². The van der Waals surface area contributed by atoms with Gasteiger partial charge in [0, 0.05) is 21.1 Å². The highest BCUT2D eigenvalue weighted by atomic mass is 35.5. The molecule has 0 saturated carbocycles. The van der Waals surface area contributed by atoms with E-state index in [2.05, 4.69) is 10.6 Å². The van der Waals surface area contributed by atoms with Gasteiger partial charge >= 0.3 is 6.03 Å². The summed E-state index contributed by atoms with van der Waals surface area (Å²) in [5.41, 5.74) is 1.13. The summed E-state index contributed by atoms with van der Waals surface area (Å²) in [7, 11) is 0. The van der Waals surface area contributed by atoms with Crippen LogP contribution in [0, 0.1) is 0 Å². The van der Waals surface area contributed by atoms with Crippen LogP contribution in [0.2, 0.25) is 10.0 Å². The average Bonchev–Trinajstić information content (AvgIpc) is 2.45. The van der Waals surface area contributed by atoms with Gasteiger partial charge in [-0.25, -0.2) is 4.79 Å². The minimum absolute atomic E-state index is 0.174. The minimum Gasteiger partial charge on any atom is -0.508 e. The van der Waals surface area contributed by atoms with Crippen LogP contribution in [0.1, 0.15) is 0 Å². The summed E-state index contributed by atoms with van der Waals surface area (Å²) >= 11 is 11.8. The number of urea groups is 1. The number of hydrogen-bond acceptors (Lipinski definition) is 2. The van der Waals surface area contributed by atoms with E-state index in [1.54, 1.807) is 48.5 Å². The number of fused-ring (bicyclic) bond motifs is 1. The van der Waals surface area contributed by atoms with Gasteiger partial charge in [0.2, 0.25) is 0 Å². The van der Waals surface area contributed by atoms with Crippen molar-refractivity contribution in [3.05, 3.63) is 64.6 Å². The molecule has 0 fully saturated rings. The van der Waals surface area contributed by atoms with Crippen molar-refractivity contribution in [3.63, 3.8) is 0 Å². The second kappa shape index (κ2) is 6.36. The molecule has 3 aromatic carbocycles. The summed E-state index contributed by atoms with van der Waals surface area (Å²) in [5, 5.41) is 17.5. The smallest absolute Gasteiger partial charge is 0.323 e. The molecule has 0 aliphatic heterocycles. The van der Waals surface area contributed by atoms with E-state index in [0.29, 0.717) is 21.4 Å². The molecule has 0 bridgehead atoms. The van der Waals surface area contributed by atoms with E-state index in [1.807, 2.05) is 6.07 Å². The molecule has 0 spiro atoms. The summed E-state index contributed by atoms with van der Waals surface area (Å²) < 4.78 is 0. The van der Waals surface area contributed by atoms with Gasteiger partial charge in [0.15, 0.2) is 0 Å². The Morgan fingerprint density at radius 3 is 2.39 bits per heavy atom. The minimum atomic E-state index is -0.413. The number of halogens is 2. The second-order valence-corrected chi connectivity index (χ2v) is 5.82. The maximum absolute atomic E-state index is 12.2. The highest BCUT2D eigenvalue weighted by molar-refractivity contribution is 6.35. The number of amides is 2. The van der Waals surface area contributed by atoms with Crippen LogP contribution in [0.15, 0.2) is 54.6 Å². The van der Waals surface area contributed by atoms with Crippen molar-refractivity contribution in [2.45, 2.75) is 0 Å². The van der Waals surface area contributed by atoms with Gasteiger partial charge in [0.1, 0.15) is 5.75 Å². The van der Waals surface area contributed by atoms with Crippen molar-refractivity contribution in [3.8, 4) is 5.75 Å². The standard InChI is InChI=1S/C17H12Cl2N2O2/c18-11-7-12(19)9-13(8-11)20-17(23)21-16-3-1-2-10-6-14(22)4-5-15(10)16/h1-9,22H,(H2,20,21,23). The summed E-state index contributed by atoms with van der Waals surface area (Å²) in [6.45, 7) is 0. The Balaban J connectivity index is 1.83. The molecule has 3 rings (SSSR count). The maximum Gasteiger partial charge on any atom is 0.323 e. The van der Waals surface area contributed by atoms with Crippen LogP contribution in [0.5, 0.6) is 5.75 Å². The summed E-state index contributed by atoms with van der Waals surface area (Å²) in [4.78, 5) is 12.2. The van der Waals surface area contributed by atoms with E-state index >= 15 is 0 Å². The van der Waals surface area contributed by atoms with Crippen LogP contribution in [-0.2, 0) is 0 Å². The maximum atomic E-state index is 12.2. The first-order chi connectivity index (χ1) is 11.0. The van der Waals surface area contributed by atoms with E-state index in [4.69, 9.17) is 23.2 Å². The lowest BCUT2D eigenvalue weighted by molar-refractivity contribution is 0.262. The number of rotatable bonds is 2. The van der Waals surface area contributed by atoms with Gasteiger partial charge in [-0.3, -0.25) is 0 Å². The lowest BCUT2D eigenvalue weighted by Gasteiger charge is -2.11. The average molecular weight is 347 g/mol. The van der Waals surface area contributed by atoms with Crippen molar-refractivity contribution < 1.29 is 9.90 Å². The number of anilines is 2. The topological polar surface area (TPSA) is 61.4 Å². The quantitative estimate of drug-likeness (QED) is 0.573. The summed E-state index contributed by atoms with van der Waals surface area (Å²) in [6, 6.07) is 14.8. The van der Waals surface area contributed by atoms with Crippen molar-refractivity contribution in [2.24, 2.45) is 0 Å². The molecule has 0 aromatic heterocycles. The highest BCUT2D eigenvalue weighted by Crippen LogP contribution is 2.27. The Morgan fingerprint density at radius 1 is 0.913 bits per heavy atom. The molecule has 116 valence electrons. The molecular weight excluding hydrogens is 335 g/mol. The Labute approximate surface area is 142 Å². The van der Waals surface area contributed by atoms with Gasteiger partial charge in [-0.15, -0.1) is 0 Å². The van der Waals surface area contributed by atoms with Gasteiger partial charge < -0.3 is 15.7 Å². The van der Waals surface area contributed by atoms with Gasteiger partial charge in [-0.05, 0) is 47.9 Å². The molecule has 0 atom stereocenters. The molecule has 23 heavy (non-hydrogen) atoms. The molecule has 0 heterocycles. The fourth-order valence-electron chi connectivity index (χ4n) is 2.29. The highest BCUT2D eigenvalue weighted by Gasteiger charge is 2.07. The third-order valence-electron chi connectivity index (χ3n) is 3.23. The fraction of sp³-hybridized carbons (Fsp3) is 0. The number of phenols is 1. The predicted molar refractivity (Wildman–Crippen MR) is 94.7 cm³/mol. The van der Waals surface area contributed by atoms with Crippen LogP contribution >= 0.6 is 23.2 Å². The molecule has 2 amide bonds. The molecule has 0 saturated heterocycles. The second-order valence-electron chi connectivity index (χ2n) is 4.95. The zero-order valence-electron chi connectivity index (χ0n) is 11.8. The van der Waals surface area contributed by atoms with Crippen molar-refractivity contribution in [1.29, 1.82) is 0 Å². The molecule has 0 aliphatic rings.